The molecule has 0 aliphatic carbocycles. The molecule has 0 aliphatic rings. The van der Waals surface area contributed by atoms with Crippen molar-refractivity contribution in [1.29, 1.82) is 0 Å². The van der Waals surface area contributed by atoms with Crippen molar-refractivity contribution < 1.29 is 23.7 Å². The zero-order chi connectivity index (χ0) is 17.5. The lowest BCUT2D eigenvalue weighted by atomic mass is 10.1. The van der Waals surface area contributed by atoms with Crippen LogP contribution in [0.5, 0.6) is 23.0 Å². The molecule has 126 valence electrons. The summed E-state index contributed by atoms with van der Waals surface area (Å²) in [4.78, 5) is 11.9. The van der Waals surface area contributed by atoms with Crippen molar-refractivity contribution in [2.45, 2.75) is 0 Å². The summed E-state index contributed by atoms with van der Waals surface area (Å²) in [6.45, 7) is 0. The molecule has 0 amide bonds. The van der Waals surface area contributed by atoms with E-state index >= 15 is 0 Å². The van der Waals surface area contributed by atoms with Crippen molar-refractivity contribution in [3.8, 4) is 23.0 Å². The minimum atomic E-state index is -0.545. The van der Waals surface area contributed by atoms with Crippen molar-refractivity contribution in [2.24, 2.45) is 0 Å². The quantitative estimate of drug-likeness (QED) is 0.449. The predicted molar refractivity (Wildman–Crippen MR) is 92.2 cm³/mol. The van der Waals surface area contributed by atoms with Gasteiger partial charge in [-0.15, -0.1) is 0 Å². The SMILES string of the molecule is COc1cc(/C=C/C(=O)Oc2ccccc2Cl)cc(OC)c1OC. The second-order valence-corrected chi connectivity index (χ2v) is 5.05. The molecule has 0 spiro atoms. The average Bonchev–Trinajstić information content (AvgIpc) is 2.60. The van der Waals surface area contributed by atoms with Crippen LogP contribution in [0, 0.1) is 0 Å². The molecule has 5 nitrogen and oxygen atoms in total. The topological polar surface area (TPSA) is 54.0 Å². The first-order chi connectivity index (χ1) is 11.6. The maximum absolute atomic E-state index is 11.9. The molecule has 0 N–H and O–H groups in total. The van der Waals surface area contributed by atoms with Gasteiger partial charge in [0.25, 0.3) is 0 Å². The fraction of sp³-hybridized carbons (Fsp3) is 0.167. The van der Waals surface area contributed by atoms with E-state index in [1.54, 1.807) is 42.5 Å². The Bertz CT molecular complexity index is 730. The van der Waals surface area contributed by atoms with Gasteiger partial charge in [0.2, 0.25) is 5.75 Å². The summed E-state index contributed by atoms with van der Waals surface area (Å²) in [6.07, 6.45) is 2.88. The van der Waals surface area contributed by atoms with Crippen molar-refractivity contribution in [2.75, 3.05) is 21.3 Å². The van der Waals surface area contributed by atoms with Gasteiger partial charge in [-0.05, 0) is 35.9 Å². The Morgan fingerprint density at radius 1 is 0.958 bits per heavy atom. The third-order valence-corrected chi connectivity index (χ3v) is 3.46. The van der Waals surface area contributed by atoms with Gasteiger partial charge in [0.1, 0.15) is 5.75 Å². The van der Waals surface area contributed by atoms with Gasteiger partial charge in [-0.2, -0.15) is 0 Å². The fourth-order valence-electron chi connectivity index (χ4n) is 2.03. The molecule has 0 heterocycles. The van der Waals surface area contributed by atoms with Gasteiger partial charge in [0.15, 0.2) is 11.5 Å². The van der Waals surface area contributed by atoms with Crippen LogP contribution >= 0.6 is 11.6 Å². The van der Waals surface area contributed by atoms with Gasteiger partial charge in [-0.25, -0.2) is 4.79 Å². The van der Waals surface area contributed by atoms with E-state index in [-0.39, 0.29) is 0 Å². The summed E-state index contributed by atoms with van der Waals surface area (Å²) in [5.41, 5.74) is 0.695. The van der Waals surface area contributed by atoms with Crippen molar-refractivity contribution in [3.05, 3.63) is 53.1 Å². The van der Waals surface area contributed by atoms with Gasteiger partial charge < -0.3 is 18.9 Å². The van der Waals surface area contributed by atoms with E-state index in [1.807, 2.05) is 0 Å². The average molecular weight is 349 g/mol. The summed E-state index contributed by atoms with van der Waals surface area (Å²) < 4.78 is 21.0. The molecule has 6 heteroatoms. The molecule has 0 aromatic heterocycles. The molecule has 0 aliphatic heterocycles. The Kier molecular flexibility index (Phi) is 6.09. The number of halogens is 1. The third kappa shape index (κ3) is 4.20. The maximum Gasteiger partial charge on any atom is 0.336 e. The molecule has 24 heavy (non-hydrogen) atoms. The lowest BCUT2D eigenvalue weighted by molar-refractivity contribution is -0.128. The summed E-state index contributed by atoms with van der Waals surface area (Å²) >= 11 is 5.95. The fourth-order valence-corrected chi connectivity index (χ4v) is 2.21. The zero-order valence-corrected chi connectivity index (χ0v) is 14.3. The Hall–Kier alpha value is -2.66. The molecular weight excluding hydrogens is 332 g/mol. The molecule has 0 saturated carbocycles. The highest BCUT2D eigenvalue weighted by Gasteiger charge is 2.12. The van der Waals surface area contributed by atoms with Gasteiger partial charge in [-0.3, -0.25) is 0 Å². The van der Waals surface area contributed by atoms with E-state index in [1.165, 1.54) is 27.4 Å². The van der Waals surface area contributed by atoms with Gasteiger partial charge in [0, 0.05) is 6.08 Å². The third-order valence-electron chi connectivity index (χ3n) is 3.15. The minimum Gasteiger partial charge on any atom is -0.493 e. The van der Waals surface area contributed by atoms with E-state index in [0.29, 0.717) is 33.6 Å². The van der Waals surface area contributed by atoms with Crippen LogP contribution in [0.25, 0.3) is 6.08 Å². The molecule has 2 aromatic rings. The van der Waals surface area contributed by atoms with Gasteiger partial charge >= 0.3 is 5.97 Å². The van der Waals surface area contributed by atoms with Gasteiger partial charge in [0.05, 0.1) is 26.4 Å². The van der Waals surface area contributed by atoms with E-state index in [9.17, 15) is 4.79 Å². The molecule has 0 bridgehead atoms. The van der Waals surface area contributed by atoms with Crippen molar-refractivity contribution >= 4 is 23.6 Å². The Morgan fingerprint density at radius 3 is 2.12 bits per heavy atom. The summed E-state index contributed by atoms with van der Waals surface area (Å²) in [6, 6.07) is 10.2. The second kappa shape index (κ2) is 8.26. The standard InChI is InChI=1S/C18H17ClO5/c1-21-15-10-12(11-16(22-2)18(15)23-3)8-9-17(20)24-14-7-5-4-6-13(14)19/h4-11H,1-3H3/b9-8+. The van der Waals surface area contributed by atoms with E-state index in [2.05, 4.69) is 0 Å². The van der Waals surface area contributed by atoms with Crippen LogP contribution in [0.3, 0.4) is 0 Å². The highest BCUT2D eigenvalue weighted by Crippen LogP contribution is 2.38. The van der Waals surface area contributed by atoms with Crippen LogP contribution in [0.15, 0.2) is 42.5 Å². The van der Waals surface area contributed by atoms with Crippen LogP contribution < -0.4 is 18.9 Å². The molecule has 2 rings (SSSR count). The highest BCUT2D eigenvalue weighted by molar-refractivity contribution is 6.32. The van der Waals surface area contributed by atoms with E-state index in [4.69, 9.17) is 30.5 Å². The molecule has 0 fully saturated rings. The molecule has 2 aromatic carbocycles. The number of ether oxygens (including phenoxy) is 4. The predicted octanol–water partition coefficient (Wildman–Crippen LogP) is 3.98. The number of methoxy groups -OCH3 is 3. The van der Waals surface area contributed by atoms with E-state index < -0.39 is 5.97 Å². The van der Waals surface area contributed by atoms with Crippen LogP contribution in [0.1, 0.15) is 5.56 Å². The summed E-state index contributed by atoms with van der Waals surface area (Å²) in [5, 5.41) is 0.368. The molecule has 0 saturated heterocycles. The second-order valence-electron chi connectivity index (χ2n) is 4.64. The smallest absolute Gasteiger partial charge is 0.336 e. The lowest BCUT2D eigenvalue weighted by Crippen LogP contribution is -2.04. The van der Waals surface area contributed by atoms with Crippen molar-refractivity contribution in [1.82, 2.24) is 0 Å². The van der Waals surface area contributed by atoms with E-state index in [0.717, 1.165) is 0 Å². The monoisotopic (exact) mass is 348 g/mol. The largest absolute Gasteiger partial charge is 0.493 e. The number of carbonyl (C=O) groups is 1. The lowest BCUT2D eigenvalue weighted by Gasteiger charge is -2.12. The van der Waals surface area contributed by atoms with Crippen LogP contribution in [0.4, 0.5) is 0 Å². The Balaban J connectivity index is 2.19. The summed E-state index contributed by atoms with van der Waals surface area (Å²) in [7, 11) is 4.57. The number of benzene rings is 2. The molecule has 0 radical (unpaired) electrons. The number of esters is 1. The minimum absolute atomic E-state index is 0.304. The van der Waals surface area contributed by atoms with Crippen LogP contribution in [-0.2, 0) is 4.79 Å². The first-order valence-electron chi connectivity index (χ1n) is 7.03. The Labute approximate surface area is 145 Å². The molecular formula is C18H17ClO5. The number of rotatable bonds is 6. The first kappa shape index (κ1) is 17.7. The zero-order valence-electron chi connectivity index (χ0n) is 13.5. The maximum atomic E-state index is 11.9. The number of hydrogen-bond donors (Lipinski definition) is 0. The van der Waals surface area contributed by atoms with Crippen LogP contribution in [0.2, 0.25) is 5.02 Å². The first-order valence-corrected chi connectivity index (χ1v) is 7.41. The number of hydrogen-bond acceptors (Lipinski definition) is 5. The summed E-state index contributed by atoms with van der Waals surface area (Å²) in [5.74, 6) is 1.23. The Morgan fingerprint density at radius 2 is 1.58 bits per heavy atom. The van der Waals surface area contributed by atoms with Gasteiger partial charge in [-0.1, -0.05) is 23.7 Å². The van der Waals surface area contributed by atoms with Crippen LogP contribution in [-0.4, -0.2) is 27.3 Å². The normalized spacial score (nSPS) is 10.5. The molecule has 0 atom stereocenters. The number of para-hydroxylation sites is 1. The highest BCUT2D eigenvalue weighted by atomic mass is 35.5. The molecule has 0 unspecified atom stereocenters. The number of carbonyl (C=O) groups excluding carboxylic acids is 1. The van der Waals surface area contributed by atoms with Crippen molar-refractivity contribution in [3.63, 3.8) is 0 Å².